The number of anilines is 1. The van der Waals surface area contributed by atoms with E-state index in [0.717, 1.165) is 4.47 Å². The number of amides is 2. The Bertz CT molecular complexity index is 1190. The summed E-state index contributed by atoms with van der Waals surface area (Å²) in [6.45, 7) is 0. The first kappa shape index (κ1) is 18.8. The number of fused-ring (bicyclic) bond motifs is 1. The predicted molar refractivity (Wildman–Crippen MR) is 114 cm³/mol. The van der Waals surface area contributed by atoms with Crippen LogP contribution in [0.15, 0.2) is 83.3 Å². The second-order valence-corrected chi connectivity index (χ2v) is 8.28. The fourth-order valence-electron chi connectivity index (χ4n) is 4.53. The number of hydrogen-bond donors (Lipinski definition) is 0. The summed E-state index contributed by atoms with van der Waals surface area (Å²) in [6, 6.07) is 23.2. The minimum Gasteiger partial charge on any atom is -0.425 e. The van der Waals surface area contributed by atoms with Crippen LogP contribution in [0.5, 0.6) is 5.75 Å². The second kappa shape index (κ2) is 6.92. The van der Waals surface area contributed by atoms with Gasteiger partial charge in [-0.05, 0) is 29.8 Å². The van der Waals surface area contributed by atoms with E-state index in [0.29, 0.717) is 22.6 Å². The Morgan fingerprint density at radius 3 is 2.40 bits per heavy atom. The van der Waals surface area contributed by atoms with Crippen molar-refractivity contribution in [3.05, 3.63) is 94.5 Å². The highest BCUT2D eigenvalue weighted by molar-refractivity contribution is 9.10. The Hall–Kier alpha value is -3.25. The number of esters is 1. The Morgan fingerprint density at radius 2 is 1.63 bits per heavy atom. The Kier molecular flexibility index (Phi) is 4.33. The lowest BCUT2D eigenvalue weighted by atomic mass is 9.66. The molecule has 0 spiro atoms. The van der Waals surface area contributed by atoms with E-state index in [1.54, 1.807) is 36.4 Å². The van der Waals surface area contributed by atoms with E-state index < -0.39 is 23.2 Å². The van der Waals surface area contributed by atoms with Gasteiger partial charge in [0.15, 0.2) is 0 Å². The van der Waals surface area contributed by atoms with Crippen LogP contribution >= 0.6 is 15.9 Å². The molecule has 0 N–H and O–H groups in total. The fourth-order valence-corrected chi connectivity index (χ4v) is 4.92. The standard InChI is InChI=1S/C24H16BrNO4/c25-16-9-6-10-17(13-16)26-21(27)14-19(22(26)28)24(15-7-2-1-3-8-15)18-11-4-5-12-20(18)30-23(24)29/h1-13,19H,14H2/t19-,24+/m1/s1. The SMILES string of the molecule is O=C1C[C@@H]([C@@]2(c3ccccc3)C(=O)Oc3ccccc32)C(=O)N1c1cccc(Br)c1. The van der Waals surface area contributed by atoms with Crippen LogP contribution in [0.25, 0.3) is 0 Å². The number of nitrogens with zero attached hydrogens (tertiary/aromatic N) is 1. The molecule has 0 unspecified atom stereocenters. The molecule has 1 saturated heterocycles. The zero-order chi connectivity index (χ0) is 20.9. The van der Waals surface area contributed by atoms with Gasteiger partial charge in [-0.3, -0.25) is 19.3 Å². The summed E-state index contributed by atoms with van der Waals surface area (Å²) in [4.78, 5) is 41.2. The minimum atomic E-state index is -1.37. The molecule has 0 aliphatic carbocycles. The van der Waals surface area contributed by atoms with Gasteiger partial charge < -0.3 is 4.74 Å². The van der Waals surface area contributed by atoms with Crippen molar-refractivity contribution in [2.24, 2.45) is 5.92 Å². The van der Waals surface area contributed by atoms with Gasteiger partial charge in [0, 0.05) is 16.5 Å². The van der Waals surface area contributed by atoms with E-state index in [1.165, 1.54) is 4.90 Å². The van der Waals surface area contributed by atoms with Crippen molar-refractivity contribution in [2.75, 3.05) is 4.90 Å². The Labute approximate surface area is 181 Å². The lowest BCUT2D eigenvalue weighted by Crippen LogP contribution is -2.46. The lowest BCUT2D eigenvalue weighted by Gasteiger charge is -2.31. The molecule has 30 heavy (non-hydrogen) atoms. The Balaban J connectivity index is 1.70. The van der Waals surface area contributed by atoms with Gasteiger partial charge in [0.1, 0.15) is 11.2 Å². The maximum absolute atomic E-state index is 13.6. The third kappa shape index (κ3) is 2.57. The molecular formula is C24H16BrNO4. The van der Waals surface area contributed by atoms with Gasteiger partial charge in [0.25, 0.3) is 0 Å². The molecule has 0 radical (unpaired) electrons. The zero-order valence-corrected chi connectivity index (χ0v) is 17.3. The fraction of sp³-hybridized carbons (Fsp3) is 0.125. The van der Waals surface area contributed by atoms with Crippen molar-refractivity contribution in [1.82, 2.24) is 0 Å². The van der Waals surface area contributed by atoms with Crippen LogP contribution in [0.3, 0.4) is 0 Å². The average Bonchev–Trinajstić information content (AvgIpc) is 3.21. The van der Waals surface area contributed by atoms with Crippen LogP contribution in [-0.2, 0) is 19.8 Å². The molecule has 3 aromatic carbocycles. The summed E-state index contributed by atoms with van der Waals surface area (Å²) >= 11 is 3.39. The van der Waals surface area contributed by atoms with Gasteiger partial charge in [-0.25, -0.2) is 0 Å². The molecule has 5 rings (SSSR count). The van der Waals surface area contributed by atoms with Gasteiger partial charge in [0.05, 0.1) is 11.6 Å². The van der Waals surface area contributed by atoms with Gasteiger partial charge in [0.2, 0.25) is 11.8 Å². The van der Waals surface area contributed by atoms with E-state index >= 15 is 0 Å². The van der Waals surface area contributed by atoms with Gasteiger partial charge in [-0.15, -0.1) is 0 Å². The molecule has 2 aliphatic heterocycles. The molecule has 6 heteroatoms. The third-order valence-electron chi connectivity index (χ3n) is 5.80. The highest BCUT2D eigenvalue weighted by Crippen LogP contribution is 2.52. The summed E-state index contributed by atoms with van der Waals surface area (Å²) in [5.74, 6) is -1.75. The van der Waals surface area contributed by atoms with Crippen LogP contribution < -0.4 is 9.64 Å². The number of para-hydroxylation sites is 1. The quantitative estimate of drug-likeness (QED) is 0.332. The predicted octanol–water partition coefficient (Wildman–Crippen LogP) is 4.23. The van der Waals surface area contributed by atoms with Crippen LogP contribution in [-0.4, -0.2) is 17.8 Å². The molecule has 148 valence electrons. The summed E-state index contributed by atoms with van der Waals surface area (Å²) < 4.78 is 6.36. The first-order valence-corrected chi connectivity index (χ1v) is 10.3. The van der Waals surface area contributed by atoms with E-state index in [9.17, 15) is 14.4 Å². The van der Waals surface area contributed by atoms with Crippen molar-refractivity contribution < 1.29 is 19.1 Å². The van der Waals surface area contributed by atoms with E-state index in [-0.39, 0.29) is 12.3 Å². The summed E-state index contributed by atoms with van der Waals surface area (Å²) in [6.07, 6.45) is -0.0797. The van der Waals surface area contributed by atoms with Crippen LogP contribution in [0.2, 0.25) is 0 Å². The van der Waals surface area contributed by atoms with Gasteiger partial charge in [-0.1, -0.05) is 70.5 Å². The number of hydrogen-bond acceptors (Lipinski definition) is 4. The topological polar surface area (TPSA) is 63.7 Å². The zero-order valence-electron chi connectivity index (χ0n) is 15.7. The van der Waals surface area contributed by atoms with Gasteiger partial charge in [-0.2, -0.15) is 0 Å². The first-order chi connectivity index (χ1) is 14.5. The van der Waals surface area contributed by atoms with Crippen LogP contribution in [0.4, 0.5) is 5.69 Å². The van der Waals surface area contributed by atoms with Crippen molar-refractivity contribution in [1.29, 1.82) is 0 Å². The lowest BCUT2D eigenvalue weighted by molar-refractivity contribution is -0.141. The number of benzene rings is 3. The van der Waals surface area contributed by atoms with Crippen molar-refractivity contribution in [3.63, 3.8) is 0 Å². The van der Waals surface area contributed by atoms with Crippen molar-refractivity contribution in [2.45, 2.75) is 11.8 Å². The van der Waals surface area contributed by atoms with Crippen LogP contribution in [0.1, 0.15) is 17.5 Å². The molecule has 3 aromatic rings. The molecular weight excluding hydrogens is 446 g/mol. The molecule has 0 saturated carbocycles. The van der Waals surface area contributed by atoms with E-state index in [4.69, 9.17) is 4.74 Å². The smallest absolute Gasteiger partial charge is 0.327 e. The number of rotatable bonds is 3. The summed E-state index contributed by atoms with van der Waals surface area (Å²) in [7, 11) is 0. The first-order valence-electron chi connectivity index (χ1n) is 9.53. The number of carbonyl (C=O) groups is 3. The van der Waals surface area contributed by atoms with E-state index in [2.05, 4.69) is 15.9 Å². The average molecular weight is 462 g/mol. The number of imide groups is 1. The highest BCUT2D eigenvalue weighted by atomic mass is 79.9. The number of carbonyl (C=O) groups excluding carboxylic acids is 3. The highest BCUT2D eigenvalue weighted by Gasteiger charge is 2.62. The molecule has 0 aromatic heterocycles. The molecule has 2 amide bonds. The second-order valence-electron chi connectivity index (χ2n) is 7.36. The normalized spacial score (nSPS) is 22.9. The number of halogens is 1. The largest absolute Gasteiger partial charge is 0.425 e. The van der Waals surface area contributed by atoms with Crippen LogP contribution in [0, 0.1) is 5.92 Å². The summed E-state index contributed by atoms with van der Waals surface area (Å²) in [5.41, 5.74) is 0.362. The van der Waals surface area contributed by atoms with Crippen molar-refractivity contribution >= 4 is 39.4 Å². The molecule has 1 fully saturated rings. The molecule has 2 atom stereocenters. The number of ether oxygens (including phenoxy) is 1. The molecule has 5 nitrogen and oxygen atoms in total. The molecule has 2 heterocycles. The maximum atomic E-state index is 13.6. The monoisotopic (exact) mass is 461 g/mol. The summed E-state index contributed by atoms with van der Waals surface area (Å²) in [5, 5.41) is 0. The maximum Gasteiger partial charge on any atom is 0.327 e. The molecule has 0 bridgehead atoms. The minimum absolute atomic E-state index is 0.0797. The third-order valence-corrected chi connectivity index (χ3v) is 6.29. The molecule has 2 aliphatic rings. The van der Waals surface area contributed by atoms with Gasteiger partial charge >= 0.3 is 5.97 Å². The van der Waals surface area contributed by atoms with Crippen molar-refractivity contribution in [3.8, 4) is 5.75 Å². The Morgan fingerprint density at radius 1 is 0.900 bits per heavy atom. The van der Waals surface area contributed by atoms with E-state index in [1.807, 2.05) is 42.5 Å².